The number of para-hydroxylation sites is 1. The summed E-state index contributed by atoms with van der Waals surface area (Å²) < 4.78 is 16.0. The number of rotatable bonds is 7. The number of hydrogen-bond acceptors (Lipinski definition) is 6. The van der Waals surface area contributed by atoms with E-state index in [-0.39, 0.29) is 12.5 Å². The summed E-state index contributed by atoms with van der Waals surface area (Å²) in [6.07, 6.45) is 1.27. The lowest BCUT2D eigenvalue weighted by Crippen LogP contribution is -2.31. The fraction of sp³-hybridized carbons (Fsp3) is 0.211. The Balaban J connectivity index is 1.54. The Labute approximate surface area is 151 Å². The van der Waals surface area contributed by atoms with E-state index in [0.717, 1.165) is 16.9 Å². The van der Waals surface area contributed by atoms with Crippen LogP contribution in [-0.2, 0) is 11.3 Å². The normalized spacial score (nSPS) is 10.4. The number of carbonyl (C=O) groups is 1. The van der Waals surface area contributed by atoms with E-state index in [1.165, 1.54) is 6.39 Å². The lowest BCUT2D eigenvalue weighted by atomic mass is 10.2. The van der Waals surface area contributed by atoms with Crippen molar-refractivity contribution in [3.8, 4) is 23.0 Å². The minimum Gasteiger partial charge on any atom is -0.496 e. The third-order valence-electron chi connectivity index (χ3n) is 3.85. The highest BCUT2D eigenvalue weighted by molar-refractivity contribution is 5.77. The van der Waals surface area contributed by atoms with Gasteiger partial charge < -0.3 is 18.8 Å². The molecule has 134 valence electrons. The molecule has 1 amide bonds. The van der Waals surface area contributed by atoms with Gasteiger partial charge in [-0.2, -0.15) is 0 Å². The molecular weight excluding hydrogens is 334 g/mol. The maximum atomic E-state index is 12.3. The van der Waals surface area contributed by atoms with E-state index in [4.69, 9.17) is 13.9 Å². The Kier molecular flexibility index (Phi) is 5.48. The summed E-state index contributed by atoms with van der Waals surface area (Å²) in [4.78, 5) is 13.9. The SMILES string of the molecule is COc1ccccc1CN(C)C(=O)COc1ccc(-c2nnco2)cc1. The molecule has 0 unspecified atom stereocenters. The first-order valence-electron chi connectivity index (χ1n) is 8.02. The van der Waals surface area contributed by atoms with Gasteiger partial charge in [-0.25, -0.2) is 0 Å². The largest absolute Gasteiger partial charge is 0.496 e. The monoisotopic (exact) mass is 353 g/mol. The molecule has 0 aliphatic carbocycles. The van der Waals surface area contributed by atoms with Gasteiger partial charge in [0.2, 0.25) is 12.3 Å². The zero-order chi connectivity index (χ0) is 18.4. The van der Waals surface area contributed by atoms with Gasteiger partial charge >= 0.3 is 0 Å². The summed E-state index contributed by atoms with van der Waals surface area (Å²) in [5.74, 6) is 1.65. The van der Waals surface area contributed by atoms with Crippen LogP contribution >= 0.6 is 0 Å². The molecule has 0 saturated heterocycles. The summed E-state index contributed by atoms with van der Waals surface area (Å²) in [6.45, 7) is 0.397. The minimum absolute atomic E-state index is 0.0500. The summed E-state index contributed by atoms with van der Waals surface area (Å²) in [6, 6.07) is 14.7. The quantitative estimate of drug-likeness (QED) is 0.650. The van der Waals surface area contributed by atoms with E-state index in [9.17, 15) is 4.79 Å². The van der Waals surface area contributed by atoms with Crippen molar-refractivity contribution in [2.45, 2.75) is 6.54 Å². The summed E-state index contributed by atoms with van der Waals surface area (Å²) in [5, 5.41) is 7.48. The first-order valence-corrected chi connectivity index (χ1v) is 8.02. The number of carbonyl (C=O) groups excluding carboxylic acids is 1. The van der Waals surface area contributed by atoms with Gasteiger partial charge in [0.25, 0.3) is 5.91 Å². The highest BCUT2D eigenvalue weighted by atomic mass is 16.5. The molecule has 0 aliphatic heterocycles. The van der Waals surface area contributed by atoms with Gasteiger partial charge in [0.05, 0.1) is 7.11 Å². The Bertz CT molecular complexity index is 847. The van der Waals surface area contributed by atoms with Gasteiger partial charge in [0, 0.05) is 24.7 Å². The number of methoxy groups -OCH3 is 1. The average molecular weight is 353 g/mol. The zero-order valence-corrected chi connectivity index (χ0v) is 14.6. The predicted octanol–water partition coefficient (Wildman–Crippen LogP) is 2.78. The van der Waals surface area contributed by atoms with Gasteiger partial charge in [0.1, 0.15) is 11.5 Å². The molecule has 0 aliphatic rings. The Morgan fingerprint density at radius 3 is 2.62 bits per heavy atom. The third kappa shape index (κ3) is 4.18. The first kappa shape index (κ1) is 17.5. The van der Waals surface area contributed by atoms with Crippen LogP contribution in [0.25, 0.3) is 11.5 Å². The van der Waals surface area contributed by atoms with Crippen LogP contribution in [-0.4, -0.2) is 41.8 Å². The molecule has 0 atom stereocenters. The number of nitrogens with zero attached hydrogens (tertiary/aromatic N) is 3. The van der Waals surface area contributed by atoms with Crippen molar-refractivity contribution in [3.63, 3.8) is 0 Å². The van der Waals surface area contributed by atoms with E-state index in [0.29, 0.717) is 18.2 Å². The second-order valence-electron chi connectivity index (χ2n) is 5.62. The van der Waals surface area contributed by atoms with Crippen LogP contribution < -0.4 is 9.47 Å². The summed E-state index contributed by atoms with van der Waals surface area (Å²) >= 11 is 0. The first-order chi connectivity index (χ1) is 12.7. The summed E-state index contributed by atoms with van der Waals surface area (Å²) in [7, 11) is 3.35. The molecule has 0 saturated carbocycles. The number of aromatic nitrogens is 2. The van der Waals surface area contributed by atoms with Crippen LogP contribution in [0.4, 0.5) is 0 Å². The minimum atomic E-state index is -0.128. The molecule has 7 nitrogen and oxygen atoms in total. The van der Waals surface area contributed by atoms with E-state index in [2.05, 4.69) is 10.2 Å². The number of hydrogen-bond donors (Lipinski definition) is 0. The van der Waals surface area contributed by atoms with Gasteiger partial charge in [-0.3, -0.25) is 4.79 Å². The van der Waals surface area contributed by atoms with Crippen molar-refractivity contribution in [1.29, 1.82) is 0 Å². The number of benzene rings is 2. The third-order valence-corrected chi connectivity index (χ3v) is 3.85. The molecule has 0 bridgehead atoms. The highest BCUT2D eigenvalue weighted by Crippen LogP contribution is 2.21. The standard InChI is InChI=1S/C19H19N3O4/c1-22(11-15-5-3-4-6-17(15)24-2)18(23)12-25-16-9-7-14(8-10-16)19-21-20-13-26-19/h3-10,13H,11-12H2,1-2H3. The molecule has 3 rings (SSSR count). The predicted molar refractivity (Wildman–Crippen MR) is 94.7 cm³/mol. The maximum Gasteiger partial charge on any atom is 0.260 e. The number of ether oxygens (including phenoxy) is 2. The highest BCUT2D eigenvalue weighted by Gasteiger charge is 2.13. The molecule has 1 aromatic heterocycles. The van der Waals surface area contributed by atoms with Crippen LogP contribution in [0.1, 0.15) is 5.56 Å². The second kappa shape index (κ2) is 8.15. The van der Waals surface area contributed by atoms with Crippen molar-refractivity contribution >= 4 is 5.91 Å². The van der Waals surface area contributed by atoms with Crippen molar-refractivity contribution in [3.05, 3.63) is 60.5 Å². The van der Waals surface area contributed by atoms with E-state index < -0.39 is 0 Å². The molecular formula is C19H19N3O4. The lowest BCUT2D eigenvalue weighted by molar-refractivity contribution is -0.132. The van der Waals surface area contributed by atoms with E-state index >= 15 is 0 Å². The van der Waals surface area contributed by atoms with Crippen LogP contribution in [0.3, 0.4) is 0 Å². The van der Waals surface area contributed by atoms with Crippen LogP contribution in [0.5, 0.6) is 11.5 Å². The summed E-state index contributed by atoms with van der Waals surface area (Å²) in [5.41, 5.74) is 1.73. The average Bonchev–Trinajstić information content (AvgIpc) is 3.21. The van der Waals surface area contributed by atoms with Crippen molar-refractivity contribution < 1.29 is 18.7 Å². The molecule has 0 fully saturated rings. The molecule has 0 radical (unpaired) electrons. The van der Waals surface area contributed by atoms with Crippen LogP contribution in [0.15, 0.2) is 59.3 Å². The fourth-order valence-corrected chi connectivity index (χ4v) is 2.43. The zero-order valence-electron chi connectivity index (χ0n) is 14.6. The molecule has 0 N–H and O–H groups in total. The van der Waals surface area contributed by atoms with Crippen LogP contribution in [0.2, 0.25) is 0 Å². The van der Waals surface area contributed by atoms with Gasteiger partial charge in [0.15, 0.2) is 6.61 Å². The molecule has 1 heterocycles. The molecule has 7 heteroatoms. The van der Waals surface area contributed by atoms with E-state index in [1.807, 2.05) is 24.3 Å². The van der Waals surface area contributed by atoms with Crippen molar-refractivity contribution in [2.24, 2.45) is 0 Å². The Morgan fingerprint density at radius 1 is 1.15 bits per heavy atom. The van der Waals surface area contributed by atoms with Gasteiger partial charge in [-0.05, 0) is 30.3 Å². The Morgan fingerprint density at radius 2 is 1.92 bits per heavy atom. The fourth-order valence-electron chi connectivity index (χ4n) is 2.43. The lowest BCUT2D eigenvalue weighted by Gasteiger charge is -2.19. The topological polar surface area (TPSA) is 77.7 Å². The maximum absolute atomic E-state index is 12.3. The molecule has 0 spiro atoms. The second-order valence-corrected chi connectivity index (χ2v) is 5.62. The van der Waals surface area contributed by atoms with Crippen molar-refractivity contribution in [1.82, 2.24) is 15.1 Å². The smallest absolute Gasteiger partial charge is 0.260 e. The molecule has 26 heavy (non-hydrogen) atoms. The van der Waals surface area contributed by atoms with E-state index in [1.54, 1.807) is 43.3 Å². The molecule has 3 aromatic rings. The van der Waals surface area contributed by atoms with Gasteiger partial charge in [-0.15, -0.1) is 10.2 Å². The van der Waals surface area contributed by atoms with Crippen molar-refractivity contribution in [2.75, 3.05) is 20.8 Å². The van der Waals surface area contributed by atoms with Gasteiger partial charge in [-0.1, -0.05) is 18.2 Å². The molecule has 2 aromatic carbocycles. The number of amides is 1. The van der Waals surface area contributed by atoms with Crippen LogP contribution in [0, 0.1) is 0 Å². The number of likely N-dealkylation sites (N-methyl/N-ethyl adjacent to an activating group) is 1. The Hall–Kier alpha value is -3.35.